The van der Waals surface area contributed by atoms with Crippen LogP contribution in [0.3, 0.4) is 0 Å². The maximum absolute atomic E-state index is 2.51. The third kappa shape index (κ3) is 4.07. The molecule has 0 spiro atoms. The lowest BCUT2D eigenvalue weighted by atomic mass is 9.82. The summed E-state index contributed by atoms with van der Waals surface area (Å²) < 4.78 is 0. The second-order valence-corrected chi connectivity index (χ2v) is 14.0. The van der Waals surface area contributed by atoms with Gasteiger partial charge in [-0.05, 0) is 117 Å². The molecule has 0 heterocycles. The zero-order valence-corrected chi connectivity index (χ0v) is 27.1. The summed E-state index contributed by atoms with van der Waals surface area (Å²) in [6.07, 6.45) is 0. The average Bonchev–Trinajstić information content (AvgIpc) is 3.42. The third-order valence-electron chi connectivity index (χ3n) is 10.5. The van der Waals surface area contributed by atoms with Crippen LogP contribution in [-0.2, 0) is 10.8 Å². The zero-order valence-electron chi connectivity index (χ0n) is 27.1. The topological polar surface area (TPSA) is 3.24 Å². The van der Waals surface area contributed by atoms with Crippen LogP contribution in [0, 0.1) is 13.8 Å². The number of rotatable bonds is 4. The quantitative estimate of drug-likeness (QED) is 0.200. The van der Waals surface area contributed by atoms with Gasteiger partial charge in [0.2, 0.25) is 0 Å². The van der Waals surface area contributed by atoms with E-state index in [0.717, 1.165) is 0 Å². The van der Waals surface area contributed by atoms with Crippen LogP contribution < -0.4 is 4.90 Å². The van der Waals surface area contributed by atoms with Gasteiger partial charge in [-0.2, -0.15) is 0 Å². The van der Waals surface area contributed by atoms with E-state index < -0.39 is 0 Å². The van der Waals surface area contributed by atoms with E-state index in [2.05, 4.69) is 174 Å². The summed E-state index contributed by atoms with van der Waals surface area (Å²) in [7, 11) is 0. The summed E-state index contributed by atoms with van der Waals surface area (Å²) in [6.45, 7) is 14.0. The molecular weight excluding hydrogens is 542 g/mol. The first-order chi connectivity index (χ1) is 21.7. The van der Waals surface area contributed by atoms with Gasteiger partial charge < -0.3 is 4.90 Å². The van der Waals surface area contributed by atoms with Crippen LogP contribution in [-0.4, -0.2) is 0 Å². The molecule has 0 aromatic heterocycles. The molecule has 0 saturated heterocycles. The maximum Gasteiger partial charge on any atom is 0.0520 e. The van der Waals surface area contributed by atoms with Crippen molar-refractivity contribution in [2.24, 2.45) is 0 Å². The summed E-state index contributed by atoms with van der Waals surface area (Å²) in [5, 5.41) is 0. The van der Waals surface area contributed by atoms with Gasteiger partial charge in [0.05, 0.1) is 5.69 Å². The van der Waals surface area contributed by atoms with Crippen molar-refractivity contribution in [3.05, 3.63) is 161 Å². The van der Waals surface area contributed by atoms with Gasteiger partial charge in [-0.1, -0.05) is 119 Å². The van der Waals surface area contributed by atoms with Crippen LogP contribution >= 0.6 is 0 Å². The molecule has 45 heavy (non-hydrogen) atoms. The Hall–Kier alpha value is -4.88. The predicted molar refractivity (Wildman–Crippen MR) is 191 cm³/mol. The Bertz CT molecular complexity index is 2110. The van der Waals surface area contributed by atoms with Gasteiger partial charge in [-0.3, -0.25) is 0 Å². The Morgan fingerprint density at radius 1 is 0.400 bits per heavy atom. The lowest BCUT2D eigenvalue weighted by molar-refractivity contribution is 0.660. The molecule has 0 aliphatic heterocycles. The minimum Gasteiger partial charge on any atom is -0.310 e. The monoisotopic (exact) mass is 581 g/mol. The van der Waals surface area contributed by atoms with Crippen molar-refractivity contribution < 1.29 is 0 Å². The predicted octanol–water partition coefficient (Wildman–Crippen LogP) is 12.1. The molecule has 2 aliphatic carbocycles. The first-order valence-electron chi connectivity index (χ1n) is 16.1. The van der Waals surface area contributed by atoms with Gasteiger partial charge in [-0.15, -0.1) is 0 Å². The molecule has 6 aromatic carbocycles. The average molecular weight is 582 g/mol. The summed E-state index contributed by atoms with van der Waals surface area (Å²) in [5.74, 6) is 0. The van der Waals surface area contributed by atoms with Crippen LogP contribution in [0.15, 0.2) is 127 Å². The SMILES string of the molecule is Cc1cc(-c2ccccc2)cc(C)c1N(c1ccc2c(c1)-c1ccccc1C2(C)C)c1ccc2c(c1)C(C)(C)c1ccccc1-2. The molecule has 0 unspecified atom stereocenters. The summed E-state index contributed by atoms with van der Waals surface area (Å²) in [4.78, 5) is 2.51. The van der Waals surface area contributed by atoms with Crippen molar-refractivity contribution in [1.82, 2.24) is 0 Å². The van der Waals surface area contributed by atoms with E-state index in [1.807, 2.05) is 0 Å². The molecule has 8 rings (SSSR count). The van der Waals surface area contributed by atoms with E-state index in [0.29, 0.717) is 0 Å². The van der Waals surface area contributed by atoms with Gasteiger partial charge in [0, 0.05) is 22.2 Å². The number of fused-ring (bicyclic) bond motifs is 6. The Kier molecular flexibility index (Phi) is 6.03. The normalized spacial score (nSPS) is 14.8. The largest absolute Gasteiger partial charge is 0.310 e. The Balaban J connectivity index is 1.35. The number of hydrogen-bond acceptors (Lipinski definition) is 1. The highest BCUT2D eigenvalue weighted by molar-refractivity contribution is 5.90. The summed E-state index contributed by atoms with van der Waals surface area (Å²) in [5.41, 5.74) is 19.5. The third-order valence-corrected chi connectivity index (χ3v) is 10.5. The molecule has 0 atom stereocenters. The minimum atomic E-state index is -0.0736. The van der Waals surface area contributed by atoms with Gasteiger partial charge in [0.25, 0.3) is 0 Å². The van der Waals surface area contributed by atoms with Crippen LogP contribution in [0.2, 0.25) is 0 Å². The fourth-order valence-electron chi connectivity index (χ4n) is 8.19. The van der Waals surface area contributed by atoms with Gasteiger partial charge in [0.1, 0.15) is 0 Å². The zero-order chi connectivity index (χ0) is 31.1. The highest BCUT2D eigenvalue weighted by Gasteiger charge is 2.37. The number of benzene rings is 6. The number of aryl methyl sites for hydroxylation is 2. The number of anilines is 3. The van der Waals surface area contributed by atoms with Crippen molar-refractivity contribution >= 4 is 17.1 Å². The molecule has 0 bridgehead atoms. The second kappa shape index (κ2) is 9.81. The lowest BCUT2D eigenvalue weighted by Crippen LogP contribution is -2.18. The van der Waals surface area contributed by atoms with E-state index in [9.17, 15) is 0 Å². The highest BCUT2D eigenvalue weighted by Crippen LogP contribution is 2.53. The van der Waals surface area contributed by atoms with Crippen LogP contribution in [0.1, 0.15) is 61.1 Å². The van der Waals surface area contributed by atoms with Gasteiger partial charge in [0.15, 0.2) is 0 Å². The number of hydrogen-bond donors (Lipinski definition) is 0. The minimum absolute atomic E-state index is 0.0260. The van der Waals surface area contributed by atoms with Crippen molar-refractivity contribution in [3.8, 4) is 33.4 Å². The van der Waals surface area contributed by atoms with Gasteiger partial charge in [-0.25, -0.2) is 0 Å². The molecule has 6 aromatic rings. The second-order valence-electron chi connectivity index (χ2n) is 14.0. The van der Waals surface area contributed by atoms with E-state index in [4.69, 9.17) is 0 Å². The first kappa shape index (κ1) is 27.7. The van der Waals surface area contributed by atoms with E-state index in [1.165, 1.54) is 83.8 Å². The maximum atomic E-state index is 2.51. The Morgan fingerprint density at radius 2 is 0.889 bits per heavy atom. The summed E-state index contributed by atoms with van der Waals surface area (Å²) >= 11 is 0. The first-order valence-corrected chi connectivity index (χ1v) is 16.1. The molecule has 0 N–H and O–H groups in total. The molecule has 0 saturated carbocycles. The molecule has 1 nitrogen and oxygen atoms in total. The Labute approximate surface area is 267 Å². The lowest BCUT2D eigenvalue weighted by Gasteiger charge is -2.31. The van der Waals surface area contributed by atoms with Crippen molar-refractivity contribution in [2.45, 2.75) is 52.4 Å². The van der Waals surface area contributed by atoms with E-state index in [1.54, 1.807) is 0 Å². The standard InChI is InChI=1S/C44H39N/c1-28-24-31(30-14-8-7-9-15-30)25-29(2)42(28)45(32-21-23-40-37(26-32)35-17-11-13-19-39(35)43(40,3)4)33-20-22-36-34-16-10-12-18-38(34)44(5,6)41(36)27-33/h7-27H,1-6H3. The van der Waals surface area contributed by atoms with Crippen molar-refractivity contribution in [1.29, 1.82) is 0 Å². The van der Waals surface area contributed by atoms with Crippen molar-refractivity contribution in [3.63, 3.8) is 0 Å². The van der Waals surface area contributed by atoms with E-state index in [-0.39, 0.29) is 10.8 Å². The Morgan fingerprint density at radius 3 is 1.56 bits per heavy atom. The molecule has 2 aliphatic rings. The molecule has 0 amide bonds. The van der Waals surface area contributed by atoms with Crippen LogP contribution in [0.5, 0.6) is 0 Å². The van der Waals surface area contributed by atoms with Gasteiger partial charge >= 0.3 is 0 Å². The fourth-order valence-corrected chi connectivity index (χ4v) is 8.19. The highest BCUT2D eigenvalue weighted by atomic mass is 15.1. The fraction of sp³-hybridized carbons (Fsp3) is 0.182. The van der Waals surface area contributed by atoms with E-state index >= 15 is 0 Å². The molecule has 220 valence electrons. The molecule has 1 heteroatoms. The van der Waals surface area contributed by atoms with Crippen LogP contribution in [0.25, 0.3) is 33.4 Å². The molecule has 0 radical (unpaired) electrons. The number of nitrogens with zero attached hydrogens (tertiary/aromatic N) is 1. The molecular formula is C44H39N. The van der Waals surface area contributed by atoms with Crippen molar-refractivity contribution in [2.75, 3.05) is 4.90 Å². The smallest absolute Gasteiger partial charge is 0.0520 e. The van der Waals surface area contributed by atoms with Crippen LogP contribution in [0.4, 0.5) is 17.1 Å². The summed E-state index contributed by atoms with van der Waals surface area (Å²) in [6, 6.07) is 47.5. The molecule has 0 fully saturated rings.